The smallest absolute Gasteiger partial charge is 0.172 e. The van der Waals surface area contributed by atoms with Gasteiger partial charge in [0, 0.05) is 0 Å². The van der Waals surface area contributed by atoms with Crippen LogP contribution in [0.3, 0.4) is 0 Å². The molecule has 0 amide bonds. The van der Waals surface area contributed by atoms with Crippen LogP contribution in [0.5, 0.6) is 0 Å². The van der Waals surface area contributed by atoms with Gasteiger partial charge in [-0.3, -0.25) is 0 Å². The Morgan fingerprint density at radius 3 is 1.90 bits per heavy atom. The molecule has 1 heterocycles. The summed E-state index contributed by atoms with van der Waals surface area (Å²) in [5.74, 6) is 0.0797. The molecule has 0 radical (unpaired) electrons. The largest absolute Gasteiger partial charge is 0.381 e. The van der Waals surface area contributed by atoms with Crippen LogP contribution < -0.4 is 5.73 Å². The predicted molar refractivity (Wildman–Crippen MR) is 41.5 cm³/mol. The molecule has 0 aliphatic heterocycles. The van der Waals surface area contributed by atoms with Gasteiger partial charge in [-0.1, -0.05) is 34.8 Å². The number of nitrogen functional groups attached to an aromatic ring is 1. The van der Waals surface area contributed by atoms with E-state index in [9.17, 15) is 0 Å². The number of nitrogens with two attached hydrogens (primary N) is 1. The highest BCUT2D eigenvalue weighted by atomic mass is 35.5. The summed E-state index contributed by atoms with van der Waals surface area (Å²) in [4.78, 5) is 7.17. The Kier molecular flexibility index (Phi) is 2.18. The Hall–Kier alpha value is -0.250. The van der Waals surface area contributed by atoms with Gasteiger partial charge in [-0.2, -0.15) is 0 Å². The molecule has 1 aromatic heterocycles. The van der Waals surface area contributed by atoms with Gasteiger partial charge in [0.2, 0.25) is 0 Å². The zero-order chi connectivity index (χ0) is 7.72. The second-order valence-electron chi connectivity index (χ2n) is 1.48. The second-order valence-corrected chi connectivity index (χ2v) is 2.56. The molecule has 0 atom stereocenters. The van der Waals surface area contributed by atoms with Crippen molar-refractivity contribution in [2.45, 2.75) is 0 Å². The second kappa shape index (κ2) is 2.78. The average Bonchev–Trinajstić information content (AvgIpc) is 1.84. The summed E-state index contributed by atoms with van der Waals surface area (Å²) in [6.45, 7) is 0. The third kappa shape index (κ3) is 1.42. The van der Waals surface area contributed by atoms with Crippen LogP contribution >= 0.6 is 34.8 Å². The number of halogens is 3. The molecule has 0 aliphatic carbocycles. The Balaban J connectivity index is 3.28. The molecule has 10 heavy (non-hydrogen) atoms. The van der Waals surface area contributed by atoms with Crippen molar-refractivity contribution in [1.29, 1.82) is 0 Å². The topological polar surface area (TPSA) is 51.8 Å². The first-order valence-electron chi connectivity index (χ1n) is 2.25. The first kappa shape index (κ1) is 7.85. The lowest BCUT2D eigenvalue weighted by molar-refractivity contribution is 1.21. The van der Waals surface area contributed by atoms with E-state index in [1.165, 1.54) is 0 Å². The van der Waals surface area contributed by atoms with Crippen LogP contribution in [0.4, 0.5) is 5.82 Å². The molecular weight excluding hydrogens is 196 g/mol. The Morgan fingerprint density at radius 1 is 0.900 bits per heavy atom. The normalized spacial score (nSPS) is 9.90. The number of anilines is 1. The Morgan fingerprint density at radius 2 is 1.40 bits per heavy atom. The minimum Gasteiger partial charge on any atom is -0.381 e. The molecule has 0 saturated carbocycles. The van der Waals surface area contributed by atoms with E-state index in [0.29, 0.717) is 0 Å². The first-order chi connectivity index (χ1) is 4.61. The molecule has 6 heteroatoms. The Bertz CT molecular complexity index is 212. The molecule has 0 unspecified atom stereocenters. The van der Waals surface area contributed by atoms with E-state index in [4.69, 9.17) is 40.5 Å². The average molecular weight is 198 g/mol. The molecular formula is C4H2Cl3N3. The molecule has 1 aromatic rings. The third-order valence-electron chi connectivity index (χ3n) is 0.797. The molecule has 0 fully saturated rings. The van der Waals surface area contributed by atoms with E-state index >= 15 is 0 Å². The summed E-state index contributed by atoms with van der Waals surface area (Å²) < 4.78 is 0. The van der Waals surface area contributed by atoms with Crippen molar-refractivity contribution in [2.24, 2.45) is 0 Å². The lowest BCUT2D eigenvalue weighted by Crippen LogP contribution is -1.94. The minimum absolute atomic E-state index is 0.0564. The van der Waals surface area contributed by atoms with Crippen LogP contribution in [0, 0.1) is 0 Å². The number of nitrogens with zero attached hydrogens (tertiary/aromatic N) is 2. The first-order valence-corrected chi connectivity index (χ1v) is 3.38. The van der Waals surface area contributed by atoms with Gasteiger partial charge in [0.1, 0.15) is 0 Å². The fourth-order valence-electron chi connectivity index (χ4n) is 0.388. The van der Waals surface area contributed by atoms with Crippen LogP contribution in [0.2, 0.25) is 15.5 Å². The molecule has 0 aromatic carbocycles. The van der Waals surface area contributed by atoms with Crippen molar-refractivity contribution < 1.29 is 0 Å². The van der Waals surface area contributed by atoms with Crippen LogP contribution in [-0.4, -0.2) is 9.97 Å². The van der Waals surface area contributed by atoms with E-state index in [1.54, 1.807) is 0 Å². The van der Waals surface area contributed by atoms with E-state index in [-0.39, 0.29) is 21.3 Å². The minimum atomic E-state index is 0.0564. The quantitative estimate of drug-likeness (QED) is 0.694. The van der Waals surface area contributed by atoms with Crippen molar-refractivity contribution in [1.82, 2.24) is 9.97 Å². The number of rotatable bonds is 0. The van der Waals surface area contributed by atoms with Crippen molar-refractivity contribution in [2.75, 3.05) is 5.73 Å². The van der Waals surface area contributed by atoms with Gasteiger partial charge in [0.05, 0.1) is 0 Å². The van der Waals surface area contributed by atoms with Gasteiger partial charge in [-0.25, -0.2) is 9.97 Å². The summed E-state index contributed by atoms with van der Waals surface area (Å²) in [5.41, 5.74) is 5.24. The summed E-state index contributed by atoms with van der Waals surface area (Å²) in [5, 5.41) is 0.179. The Labute approximate surface area is 72.1 Å². The highest BCUT2D eigenvalue weighted by molar-refractivity contribution is 6.41. The number of hydrogen-bond donors (Lipinski definition) is 1. The van der Waals surface area contributed by atoms with Crippen LogP contribution in [-0.2, 0) is 0 Å². The summed E-state index contributed by atoms with van der Waals surface area (Å²) >= 11 is 16.3. The van der Waals surface area contributed by atoms with Gasteiger partial charge in [-0.05, 0) is 0 Å². The van der Waals surface area contributed by atoms with E-state index < -0.39 is 0 Å². The predicted octanol–water partition coefficient (Wildman–Crippen LogP) is 2.02. The van der Waals surface area contributed by atoms with Gasteiger partial charge < -0.3 is 5.73 Å². The molecule has 2 N–H and O–H groups in total. The van der Waals surface area contributed by atoms with Gasteiger partial charge in [0.25, 0.3) is 0 Å². The molecule has 1 rings (SSSR count). The van der Waals surface area contributed by atoms with Crippen molar-refractivity contribution in [3.05, 3.63) is 15.5 Å². The maximum absolute atomic E-state index is 5.44. The van der Waals surface area contributed by atoms with Crippen LogP contribution in [0.1, 0.15) is 0 Å². The maximum Gasteiger partial charge on any atom is 0.172 e. The highest BCUT2D eigenvalue weighted by Gasteiger charge is 2.04. The molecule has 54 valence electrons. The summed E-state index contributed by atoms with van der Waals surface area (Å²) in [6.07, 6.45) is 0. The van der Waals surface area contributed by atoms with Crippen LogP contribution in [0.15, 0.2) is 0 Å². The highest BCUT2D eigenvalue weighted by Crippen LogP contribution is 2.22. The van der Waals surface area contributed by atoms with Crippen molar-refractivity contribution in [3.8, 4) is 0 Å². The maximum atomic E-state index is 5.44. The zero-order valence-electron chi connectivity index (χ0n) is 4.61. The number of hydrogen-bond acceptors (Lipinski definition) is 3. The standard InChI is InChI=1S/C4H2Cl3N3/c5-1-2(6)10-4(8)3(7)9-1/h(H2,8,10). The number of aromatic nitrogens is 2. The SMILES string of the molecule is Nc1nc(Cl)c(Cl)nc1Cl. The molecule has 0 bridgehead atoms. The fourth-order valence-corrected chi connectivity index (χ4v) is 0.818. The summed E-state index contributed by atoms with van der Waals surface area (Å²) in [7, 11) is 0. The zero-order valence-corrected chi connectivity index (χ0v) is 6.87. The third-order valence-corrected chi connectivity index (χ3v) is 1.70. The van der Waals surface area contributed by atoms with Crippen molar-refractivity contribution in [3.63, 3.8) is 0 Å². The van der Waals surface area contributed by atoms with Gasteiger partial charge in [0.15, 0.2) is 21.3 Å². The molecule has 0 spiro atoms. The van der Waals surface area contributed by atoms with Gasteiger partial charge >= 0.3 is 0 Å². The van der Waals surface area contributed by atoms with Gasteiger partial charge in [-0.15, -0.1) is 0 Å². The van der Waals surface area contributed by atoms with Crippen molar-refractivity contribution >= 4 is 40.6 Å². The van der Waals surface area contributed by atoms with Crippen LogP contribution in [0.25, 0.3) is 0 Å². The van der Waals surface area contributed by atoms with E-state index in [1.807, 2.05) is 0 Å². The molecule has 3 nitrogen and oxygen atoms in total. The fraction of sp³-hybridized carbons (Fsp3) is 0. The lowest BCUT2D eigenvalue weighted by Gasteiger charge is -1.96. The summed E-state index contributed by atoms with van der Waals surface area (Å²) in [6, 6.07) is 0. The molecule has 0 aliphatic rings. The monoisotopic (exact) mass is 197 g/mol. The molecule has 0 saturated heterocycles. The van der Waals surface area contributed by atoms with E-state index in [0.717, 1.165) is 0 Å². The lowest BCUT2D eigenvalue weighted by atomic mass is 10.7. The van der Waals surface area contributed by atoms with E-state index in [2.05, 4.69) is 9.97 Å².